The Hall–Kier alpha value is -2.96. The van der Waals surface area contributed by atoms with Crippen LogP contribution in [-0.4, -0.2) is 24.0 Å². The van der Waals surface area contributed by atoms with Crippen LogP contribution in [0.4, 0.5) is 10.1 Å². The number of carbonyl (C=O) groups is 1. The third kappa shape index (κ3) is 5.06. The number of hydrogen-bond acceptors (Lipinski definition) is 4. The highest BCUT2D eigenvalue weighted by Gasteiger charge is 2.14. The molecule has 0 aliphatic carbocycles. The maximum atomic E-state index is 13.0. The number of rotatable bonds is 7. The van der Waals surface area contributed by atoms with Gasteiger partial charge in [-0.15, -0.1) is 0 Å². The quantitative estimate of drug-likeness (QED) is 0.628. The second kappa shape index (κ2) is 7.88. The Labute approximate surface area is 132 Å². The molecule has 0 aromatic heterocycles. The maximum Gasteiger partial charge on any atom is 0.310 e. The minimum Gasteiger partial charge on any atom is -0.477 e. The van der Waals surface area contributed by atoms with Crippen LogP contribution < -0.4 is 10.1 Å². The minimum absolute atomic E-state index is 0.0396. The van der Waals surface area contributed by atoms with Crippen molar-refractivity contribution in [1.82, 2.24) is 5.32 Å². The van der Waals surface area contributed by atoms with Crippen molar-refractivity contribution in [3.8, 4) is 5.75 Å². The maximum absolute atomic E-state index is 13.0. The molecular formula is C16H15FN2O4. The van der Waals surface area contributed by atoms with Crippen molar-refractivity contribution in [2.75, 3.05) is 13.2 Å². The molecule has 0 spiro atoms. The van der Waals surface area contributed by atoms with Crippen molar-refractivity contribution in [3.05, 3.63) is 70.0 Å². The number of hydrogen-bond donors (Lipinski definition) is 1. The first-order valence-electron chi connectivity index (χ1n) is 6.93. The van der Waals surface area contributed by atoms with Gasteiger partial charge in [-0.05, 0) is 30.2 Å². The molecule has 0 saturated heterocycles. The van der Waals surface area contributed by atoms with Crippen LogP contribution in [0.25, 0.3) is 0 Å². The zero-order valence-corrected chi connectivity index (χ0v) is 12.2. The van der Waals surface area contributed by atoms with E-state index in [0.717, 1.165) is 5.56 Å². The van der Waals surface area contributed by atoms with Crippen LogP contribution in [0.1, 0.15) is 5.56 Å². The van der Waals surface area contributed by atoms with Crippen molar-refractivity contribution in [3.63, 3.8) is 0 Å². The highest BCUT2D eigenvalue weighted by atomic mass is 19.1. The Morgan fingerprint density at radius 3 is 2.74 bits per heavy atom. The summed E-state index contributed by atoms with van der Waals surface area (Å²) >= 11 is 0. The standard InChI is InChI=1S/C16H15FN2O4/c17-13-5-3-4-12(10-13)8-9-18-16(20)11-23-15-7-2-1-6-14(15)19(21)22/h1-7,10H,8-9,11H2,(H,18,20). The Morgan fingerprint density at radius 2 is 2.00 bits per heavy atom. The lowest BCUT2D eigenvalue weighted by molar-refractivity contribution is -0.385. The molecular weight excluding hydrogens is 303 g/mol. The number of para-hydroxylation sites is 2. The lowest BCUT2D eigenvalue weighted by Crippen LogP contribution is -2.30. The van der Waals surface area contributed by atoms with Crippen molar-refractivity contribution in [2.24, 2.45) is 0 Å². The summed E-state index contributed by atoms with van der Waals surface area (Å²) < 4.78 is 18.2. The molecule has 0 saturated carbocycles. The van der Waals surface area contributed by atoms with Crippen molar-refractivity contribution >= 4 is 11.6 Å². The van der Waals surface area contributed by atoms with E-state index in [0.29, 0.717) is 13.0 Å². The van der Waals surface area contributed by atoms with Gasteiger partial charge in [0.15, 0.2) is 12.4 Å². The zero-order valence-electron chi connectivity index (χ0n) is 12.2. The predicted molar refractivity (Wildman–Crippen MR) is 81.7 cm³/mol. The molecule has 2 rings (SSSR count). The lowest BCUT2D eigenvalue weighted by atomic mass is 10.1. The Bertz CT molecular complexity index is 706. The van der Waals surface area contributed by atoms with E-state index in [4.69, 9.17) is 4.74 Å². The van der Waals surface area contributed by atoms with E-state index in [1.54, 1.807) is 18.2 Å². The van der Waals surface area contributed by atoms with Gasteiger partial charge in [0.1, 0.15) is 5.82 Å². The number of carbonyl (C=O) groups excluding carboxylic acids is 1. The van der Waals surface area contributed by atoms with E-state index in [1.807, 2.05) is 0 Å². The molecule has 2 aromatic carbocycles. The van der Waals surface area contributed by atoms with E-state index < -0.39 is 10.8 Å². The molecule has 0 aliphatic rings. The van der Waals surface area contributed by atoms with Gasteiger partial charge in [-0.1, -0.05) is 24.3 Å². The van der Waals surface area contributed by atoms with Crippen LogP contribution in [0.3, 0.4) is 0 Å². The average molecular weight is 318 g/mol. The summed E-state index contributed by atoms with van der Waals surface area (Å²) in [7, 11) is 0. The molecule has 0 unspecified atom stereocenters. The molecule has 0 bridgehead atoms. The minimum atomic E-state index is -0.572. The second-order valence-electron chi connectivity index (χ2n) is 4.74. The number of nitrogens with zero attached hydrogens (tertiary/aromatic N) is 1. The molecule has 1 N–H and O–H groups in total. The van der Waals surface area contributed by atoms with E-state index in [-0.39, 0.29) is 23.9 Å². The van der Waals surface area contributed by atoms with E-state index in [1.165, 1.54) is 30.3 Å². The summed E-state index contributed by atoms with van der Waals surface area (Å²) in [6.07, 6.45) is 0.481. The highest BCUT2D eigenvalue weighted by Crippen LogP contribution is 2.25. The first kappa shape index (κ1) is 16.4. The first-order chi connectivity index (χ1) is 11.1. The van der Waals surface area contributed by atoms with Gasteiger partial charge in [0.05, 0.1) is 4.92 Å². The molecule has 6 nitrogen and oxygen atoms in total. The van der Waals surface area contributed by atoms with Gasteiger partial charge in [-0.3, -0.25) is 14.9 Å². The Morgan fingerprint density at radius 1 is 1.22 bits per heavy atom. The van der Waals surface area contributed by atoms with Gasteiger partial charge in [-0.25, -0.2) is 4.39 Å². The lowest BCUT2D eigenvalue weighted by Gasteiger charge is -2.08. The fourth-order valence-corrected chi connectivity index (χ4v) is 1.96. The van der Waals surface area contributed by atoms with Crippen LogP contribution in [0, 0.1) is 15.9 Å². The fraction of sp³-hybridized carbons (Fsp3) is 0.188. The number of amides is 1. The van der Waals surface area contributed by atoms with Crippen LogP contribution in [0.2, 0.25) is 0 Å². The smallest absolute Gasteiger partial charge is 0.310 e. The third-order valence-corrected chi connectivity index (χ3v) is 3.05. The summed E-state index contributed by atoms with van der Waals surface area (Å²) in [4.78, 5) is 21.9. The number of nitro groups is 1. The Kier molecular flexibility index (Phi) is 5.62. The molecule has 120 valence electrons. The molecule has 0 radical (unpaired) electrons. The van der Waals surface area contributed by atoms with Crippen molar-refractivity contribution in [1.29, 1.82) is 0 Å². The molecule has 1 amide bonds. The molecule has 7 heteroatoms. The number of ether oxygens (including phenoxy) is 1. The van der Waals surface area contributed by atoms with Crippen LogP contribution in [-0.2, 0) is 11.2 Å². The number of nitro benzene ring substituents is 1. The normalized spacial score (nSPS) is 10.1. The zero-order chi connectivity index (χ0) is 16.7. The Balaban J connectivity index is 1.78. The van der Waals surface area contributed by atoms with Gasteiger partial charge in [0.2, 0.25) is 0 Å². The molecule has 0 fully saturated rings. The number of halogens is 1. The summed E-state index contributed by atoms with van der Waals surface area (Å²) in [6.45, 7) is -0.00344. The molecule has 23 heavy (non-hydrogen) atoms. The highest BCUT2D eigenvalue weighted by molar-refractivity contribution is 5.77. The van der Waals surface area contributed by atoms with Crippen LogP contribution in [0.15, 0.2) is 48.5 Å². The monoisotopic (exact) mass is 318 g/mol. The number of benzene rings is 2. The largest absolute Gasteiger partial charge is 0.477 e. The van der Waals surface area contributed by atoms with Gasteiger partial charge in [0, 0.05) is 12.6 Å². The third-order valence-electron chi connectivity index (χ3n) is 3.05. The summed E-state index contributed by atoms with van der Waals surface area (Å²) in [5.41, 5.74) is 0.574. The second-order valence-corrected chi connectivity index (χ2v) is 4.74. The molecule has 2 aromatic rings. The topological polar surface area (TPSA) is 81.5 Å². The van der Waals surface area contributed by atoms with Crippen molar-refractivity contribution in [2.45, 2.75) is 6.42 Å². The van der Waals surface area contributed by atoms with E-state index >= 15 is 0 Å². The average Bonchev–Trinajstić information content (AvgIpc) is 2.53. The van der Waals surface area contributed by atoms with Gasteiger partial charge < -0.3 is 10.1 Å². The molecule has 0 atom stereocenters. The van der Waals surface area contributed by atoms with E-state index in [9.17, 15) is 19.3 Å². The molecule has 0 aliphatic heterocycles. The van der Waals surface area contributed by atoms with Crippen LogP contribution >= 0.6 is 0 Å². The van der Waals surface area contributed by atoms with Gasteiger partial charge in [0.25, 0.3) is 5.91 Å². The first-order valence-corrected chi connectivity index (χ1v) is 6.93. The van der Waals surface area contributed by atoms with Gasteiger partial charge >= 0.3 is 5.69 Å². The summed E-state index contributed by atoms with van der Waals surface area (Å²) in [5, 5.41) is 13.4. The predicted octanol–water partition coefficient (Wildman–Crippen LogP) is 2.47. The number of nitrogens with one attached hydrogen (secondary N) is 1. The van der Waals surface area contributed by atoms with Crippen molar-refractivity contribution < 1.29 is 18.8 Å². The van der Waals surface area contributed by atoms with E-state index in [2.05, 4.69) is 5.32 Å². The molecule has 0 heterocycles. The van der Waals surface area contributed by atoms with Gasteiger partial charge in [-0.2, -0.15) is 0 Å². The fourth-order valence-electron chi connectivity index (χ4n) is 1.96. The van der Waals surface area contributed by atoms with Crippen LogP contribution in [0.5, 0.6) is 5.75 Å². The summed E-state index contributed by atoms with van der Waals surface area (Å²) in [5.74, 6) is -0.689. The SMILES string of the molecule is O=C(COc1ccccc1[N+](=O)[O-])NCCc1cccc(F)c1. The summed E-state index contributed by atoms with van der Waals surface area (Å²) in [6, 6.07) is 11.9.